The van der Waals surface area contributed by atoms with Crippen molar-refractivity contribution in [1.29, 1.82) is 0 Å². The van der Waals surface area contributed by atoms with Crippen molar-refractivity contribution in [3.05, 3.63) is 65.6 Å². The molecule has 0 amide bonds. The lowest BCUT2D eigenvalue weighted by Gasteiger charge is -2.09. The van der Waals surface area contributed by atoms with Crippen LogP contribution in [0.15, 0.2) is 53.7 Å². The average molecular weight is 356 g/mol. The number of pyridine rings is 1. The van der Waals surface area contributed by atoms with Crippen LogP contribution in [0.25, 0.3) is 11.3 Å². The van der Waals surface area contributed by atoms with E-state index in [0.29, 0.717) is 10.6 Å². The van der Waals surface area contributed by atoms with E-state index < -0.39 is 10.0 Å². The standard InChI is InChI=1S/C18H20N4O2S/c1-13-4-5-18(14(2)10-13)25(23,24)20-12-16-11-17(22(3)21-16)15-6-8-19-9-7-15/h4-11,20H,12H2,1-3H3. The van der Waals surface area contributed by atoms with Crippen molar-refractivity contribution in [2.24, 2.45) is 7.05 Å². The van der Waals surface area contributed by atoms with E-state index in [2.05, 4.69) is 14.8 Å². The van der Waals surface area contributed by atoms with Gasteiger partial charge in [0.1, 0.15) is 0 Å². The summed E-state index contributed by atoms with van der Waals surface area (Å²) in [5, 5.41) is 4.39. The van der Waals surface area contributed by atoms with Crippen molar-refractivity contribution in [3.63, 3.8) is 0 Å². The Bertz CT molecular complexity index is 995. The van der Waals surface area contributed by atoms with Crippen LogP contribution in [0.2, 0.25) is 0 Å². The van der Waals surface area contributed by atoms with E-state index >= 15 is 0 Å². The fourth-order valence-electron chi connectivity index (χ4n) is 2.75. The minimum absolute atomic E-state index is 0.134. The molecule has 0 saturated carbocycles. The first kappa shape index (κ1) is 17.3. The maximum atomic E-state index is 12.5. The third-order valence-corrected chi connectivity index (χ3v) is 5.53. The molecule has 2 aromatic heterocycles. The second-order valence-corrected chi connectivity index (χ2v) is 7.71. The molecule has 6 nitrogen and oxygen atoms in total. The zero-order chi connectivity index (χ0) is 18.0. The lowest BCUT2D eigenvalue weighted by Crippen LogP contribution is -2.24. The van der Waals surface area contributed by atoms with Gasteiger partial charge in [0.25, 0.3) is 0 Å². The van der Waals surface area contributed by atoms with Gasteiger partial charge in [-0.1, -0.05) is 17.7 Å². The van der Waals surface area contributed by atoms with Gasteiger partial charge < -0.3 is 0 Å². The summed E-state index contributed by atoms with van der Waals surface area (Å²) in [5.74, 6) is 0. The quantitative estimate of drug-likeness (QED) is 0.762. The van der Waals surface area contributed by atoms with Gasteiger partial charge in [0.05, 0.1) is 22.8 Å². The zero-order valence-electron chi connectivity index (χ0n) is 14.4. The zero-order valence-corrected chi connectivity index (χ0v) is 15.2. The van der Waals surface area contributed by atoms with Crippen LogP contribution in [0.1, 0.15) is 16.8 Å². The first-order valence-corrected chi connectivity index (χ1v) is 9.35. The van der Waals surface area contributed by atoms with Crippen LogP contribution in [-0.2, 0) is 23.6 Å². The molecule has 3 rings (SSSR count). The molecule has 0 bridgehead atoms. The van der Waals surface area contributed by atoms with E-state index in [-0.39, 0.29) is 6.54 Å². The average Bonchev–Trinajstić information content (AvgIpc) is 2.94. The Balaban J connectivity index is 1.80. The monoisotopic (exact) mass is 356 g/mol. The Hall–Kier alpha value is -2.51. The highest BCUT2D eigenvalue weighted by molar-refractivity contribution is 7.89. The number of hydrogen-bond donors (Lipinski definition) is 1. The highest BCUT2D eigenvalue weighted by Gasteiger charge is 2.17. The molecule has 0 spiro atoms. The maximum Gasteiger partial charge on any atom is 0.241 e. The molecule has 0 fully saturated rings. The van der Waals surface area contributed by atoms with Crippen molar-refractivity contribution in [3.8, 4) is 11.3 Å². The summed E-state index contributed by atoms with van der Waals surface area (Å²) < 4.78 is 29.5. The number of nitrogens with zero attached hydrogens (tertiary/aromatic N) is 3. The predicted molar refractivity (Wildman–Crippen MR) is 96.4 cm³/mol. The topological polar surface area (TPSA) is 76.9 Å². The summed E-state index contributed by atoms with van der Waals surface area (Å²) >= 11 is 0. The molecule has 25 heavy (non-hydrogen) atoms. The van der Waals surface area contributed by atoms with Crippen molar-refractivity contribution in [2.45, 2.75) is 25.3 Å². The van der Waals surface area contributed by atoms with E-state index in [0.717, 1.165) is 22.4 Å². The Kier molecular flexibility index (Phi) is 4.69. The normalized spacial score (nSPS) is 11.6. The summed E-state index contributed by atoms with van der Waals surface area (Å²) in [6.45, 7) is 3.86. The number of sulfonamides is 1. The van der Waals surface area contributed by atoms with Gasteiger partial charge in [0.15, 0.2) is 0 Å². The number of rotatable bonds is 5. The van der Waals surface area contributed by atoms with Crippen LogP contribution in [0.4, 0.5) is 0 Å². The molecule has 0 saturated heterocycles. The third kappa shape index (κ3) is 3.78. The molecule has 0 radical (unpaired) electrons. The van der Waals surface area contributed by atoms with Gasteiger partial charge in [-0.05, 0) is 43.7 Å². The number of hydrogen-bond acceptors (Lipinski definition) is 4. The molecule has 0 aliphatic rings. The molecule has 3 aromatic rings. The van der Waals surface area contributed by atoms with E-state index in [9.17, 15) is 8.42 Å². The third-order valence-electron chi connectivity index (χ3n) is 3.97. The van der Waals surface area contributed by atoms with Crippen LogP contribution < -0.4 is 4.72 Å². The summed E-state index contributed by atoms with van der Waals surface area (Å²) in [5.41, 5.74) is 4.30. The highest BCUT2D eigenvalue weighted by atomic mass is 32.2. The summed E-state index contributed by atoms with van der Waals surface area (Å²) in [6.07, 6.45) is 3.43. The Labute approximate surface area is 147 Å². The smallest absolute Gasteiger partial charge is 0.241 e. The van der Waals surface area contributed by atoms with Crippen molar-refractivity contribution >= 4 is 10.0 Å². The summed E-state index contributed by atoms with van der Waals surface area (Å²) in [6, 6.07) is 10.9. The summed E-state index contributed by atoms with van der Waals surface area (Å²) in [4.78, 5) is 4.30. The molecule has 0 aliphatic heterocycles. The Morgan fingerprint density at radius 2 is 1.80 bits per heavy atom. The molecule has 130 valence electrons. The van der Waals surface area contributed by atoms with E-state index in [1.165, 1.54) is 0 Å². The van der Waals surface area contributed by atoms with E-state index in [4.69, 9.17) is 0 Å². The number of nitrogens with one attached hydrogen (secondary N) is 1. The van der Waals surface area contributed by atoms with Crippen LogP contribution in [0, 0.1) is 13.8 Å². The van der Waals surface area contributed by atoms with Gasteiger partial charge in [0, 0.05) is 25.0 Å². The van der Waals surface area contributed by atoms with Gasteiger partial charge in [-0.3, -0.25) is 9.67 Å². The molecular formula is C18H20N4O2S. The molecule has 7 heteroatoms. The highest BCUT2D eigenvalue weighted by Crippen LogP contribution is 2.20. The Morgan fingerprint density at radius 3 is 2.48 bits per heavy atom. The fraction of sp³-hybridized carbons (Fsp3) is 0.222. The predicted octanol–water partition coefficient (Wildman–Crippen LogP) is 2.58. The van der Waals surface area contributed by atoms with Gasteiger partial charge in [-0.25, -0.2) is 13.1 Å². The second-order valence-electron chi connectivity index (χ2n) is 5.97. The minimum Gasteiger partial charge on any atom is -0.268 e. The van der Waals surface area contributed by atoms with Gasteiger partial charge >= 0.3 is 0 Å². The SMILES string of the molecule is Cc1ccc(S(=O)(=O)NCc2cc(-c3ccncc3)n(C)n2)c(C)c1. The molecule has 1 N–H and O–H groups in total. The van der Waals surface area contributed by atoms with Crippen molar-refractivity contribution in [2.75, 3.05) is 0 Å². The van der Waals surface area contributed by atoms with Crippen LogP contribution >= 0.6 is 0 Å². The molecular weight excluding hydrogens is 336 g/mol. The van der Waals surface area contributed by atoms with Crippen molar-refractivity contribution < 1.29 is 8.42 Å². The summed E-state index contributed by atoms with van der Waals surface area (Å²) in [7, 11) is -1.75. The second kappa shape index (κ2) is 6.78. The number of benzene rings is 1. The van der Waals surface area contributed by atoms with Crippen LogP contribution in [-0.4, -0.2) is 23.2 Å². The first-order chi connectivity index (χ1) is 11.9. The van der Waals surface area contributed by atoms with E-state index in [1.54, 1.807) is 36.1 Å². The minimum atomic E-state index is -3.58. The number of aryl methyl sites for hydroxylation is 3. The molecule has 0 aliphatic carbocycles. The van der Waals surface area contributed by atoms with Crippen LogP contribution in [0.5, 0.6) is 0 Å². The fourth-order valence-corrected chi connectivity index (χ4v) is 3.98. The molecule has 0 atom stereocenters. The maximum absolute atomic E-state index is 12.5. The van der Waals surface area contributed by atoms with Crippen LogP contribution in [0.3, 0.4) is 0 Å². The number of aromatic nitrogens is 3. The lowest BCUT2D eigenvalue weighted by atomic mass is 10.2. The molecule has 1 aromatic carbocycles. The van der Waals surface area contributed by atoms with E-state index in [1.807, 2.05) is 38.2 Å². The molecule has 2 heterocycles. The van der Waals surface area contributed by atoms with Gasteiger partial charge in [0.2, 0.25) is 10.0 Å². The van der Waals surface area contributed by atoms with Crippen molar-refractivity contribution in [1.82, 2.24) is 19.5 Å². The largest absolute Gasteiger partial charge is 0.268 e. The first-order valence-electron chi connectivity index (χ1n) is 7.87. The van der Waals surface area contributed by atoms with Gasteiger partial charge in [-0.15, -0.1) is 0 Å². The molecule has 0 unspecified atom stereocenters. The Morgan fingerprint density at radius 1 is 1.08 bits per heavy atom. The lowest BCUT2D eigenvalue weighted by molar-refractivity contribution is 0.579. The van der Waals surface area contributed by atoms with Gasteiger partial charge in [-0.2, -0.15) is 5.10 Å².